The van der Waals surface area contributed by atoms with Crippen molar-refractivity contribution in [2.45, 2.75) is 71.1 Å². The van der Waals surface area contributed by atoms with E-state index in [1.54, 1.807) is 6.08 Å². The zero-order valence-electron chi connectivity index (χ0n) is 27.8. The standard InChI is InChI=1S/C33H64O11/c1-3-5-6-7-8-9-10-11-12-13-33(34)44-32-31-43-30-29-42-28-27-41-26-25-40-24-23-39-22-21-38-20-19-37-18-17-36-16-15-35-14-4-2/h4H,2-3,5-32H2,1H3. The highest BCUT2D eigenvalue weighted by atomic mass is 16.6. The fraction of sp³-hybridized carbons (Fsp3) is 0.909. The van der Waals surface area contributed by atoms with Gasteiger partial charge in [0.25, 0.3) is 0 Å². The summed E-state index contributed by atoms with van der Waals surface area (Å²) in [5, 5.41) is 0. The van der Waals surface area contributed by atoms with Crippen LogP contribution in [0.25, 0.3) is 0 Å². The van der Waals surface area contributed by atoms with E-state index in [-0.39, 0.29) is 5.97 Å². The summed E-state index contributed by atoms with van der Waals surface area (Å²) in [6, 6.07) is 0. The van der Waals surface area contributed by atoms with Crippen molar-refractivity contribution in [3.05, 3.63) is 12.7 Å². The van der Waals surface area contributed by atoms with Crippen molar-refractivity contribution in [1.29, 1.82) is 0 Å². The third kappa shape index (κ3) is 38.9. The summed E-state index contributed by atoms with van der Waals surface area (Å²) in [5.74, 6) is -0.135. The Morgan fingerprint density at radius 1 is 0.432 bits per heavy atom. The largest absolute Gasteiger partial charge is 0.463 e. The molecule has 0 aliphatic heterocycles. The van der Waals surface area contributed by atoms with Crippen molar-refractivity contribution in [3.8, 4) is 0 Å². The zero-order valence-corrected chi connectivity index (χ0v) is 27.8. The average molecular weight is 637 g/mol. The molecule has 0 radical (unpaired) electrons. The Bertz CT molecular complexity index is 566. The molecule has 0 N–H and O–H groups in total. The summed E-state index contributed by atoms with van der Waals surface area (Å²) >= 11 is 0. The van der Waals surface area contributed by atoms with E-state index in [0.717, 1.165) is 12.8 Å². The molecule has 0 amide bonds. The molecule has 11 nitrogen and oxygen atoms in total. The summed E-state index contributed by atoms with van der Waals surface area (Å²) in [7, 11) is 0. The quantitative estimate of drug-likeness (QED) is 0.0528. The van der Waals surface area contributed by atoms with Gasteiger partial charge in [-0.15, -0.1) is 6.58 Å². The second-order valence-corrected chi connectivity index (χ2v) is 10.1. The van der Waals surface area contributed by atoms with Crippen molar-refractivity contribution in [1.82, 2.24) is 0 Å². The Morgan fingerprint density at radius 2 is 0.727 bits per heavy atom. The molecule has 0 spiro atoms. The van der Waals surface area contributed by atoms with Crippen molar-refractivity contribution >= 4 is 5.97 Å². The van der Waals surface area contributed by atoms with Crippen LogP contribution in [-0.4, -0.2) is 132 Å². The Kier molecular flexibility index (Phi) is 38.8. The van der Waals surface area contributed by atoms with Crippen LogP contribution in [0.2, 0.25) is 0 Å². The normalized spacial score (nSPS) is 11.3. The lowest BCUT2D eigenvalue weighted by Crippen LogP contribution is -2.15. The minimum absolute atomic E-state index is 0.135. The van der Waals surface area contributed by atoms with Gasteiger partial charge in [-0.05, 0) is 6.42 Å². The lowest BCUT2D eigenvalue weighted by molar-refractivity contribution is -0.145. The van der Waals surface area contributed by atoms with Crippen LogP contribution in [0.4, 0.5) is 0 Å². The number of hydrogen-bond donors (Lipinski definition) is 0. The van der Waals surface area contributed by atoms with E-state index >= 15 is 0 Å². The van der Waals surface area contributed by atoms with Crippen LogP contribution < -0.4 is 0 Å². The number of hydrogen-bond acceptors (Lipinski definition) is 11. The molecule has 0 aromatic carbocycles. The first-order valence-electron chi connectivity index (χ1n) is 16.8. The number of rotatable bonds is 39. The number of esters is 1. The number of carbonyl (C=O) groups is 1. The minimum Gasteiger partial charge on any atom is -0.463 e. The predicted octanol–water partition coefficient (Wildman–Crippen LogP) is 4.79. The number of ether oxygens (including phenoxy) is 10. The highest BCUT2D eigenvalue weighted by molar-refractivity contribution is 5.69. The summed E-state index contributed by atoms with van der Waals surface area (Å²) < 4.78 is 54.0. The molecular formula is C33H64O11. The van der Waals surface area contributed by atoms with Crippen LogP contribution in [0.15, 0.2) is 12.7 Å². The molecule has 44 heavy (non-hydrogen) atoms. The molecule has 0 aromatic heterocycles. The summed E-state index contributed by atoms with van der Waals surface area (Å²) in [5.41, 5.74) is 0. The van der Waals surface area contributed by atoms with Gasteiger partial charge in [0.2, 0.25) is 0 Å². The van der Waals surface area contributed by atoms with Crippen LogP contribution in [-0.2, 0) is 52.2 Å². The molecule has 0 heterocycles. The maximum absolute atomic E-state index is 11.8. The van der Waals surface area contributed by atoms with Crippen molar-refractivity contribution in [3.63, 3.8) is 0 Å². The Labute approximate surface area is 267 Å². The Hall–Kier alpha value is -1.15. The van der Waals surface area contributed by atoms with Crippen molar-refractivity contribution < 1.29 is 52.2 Å². The molecule has 0 bridgehead atoms. The van der Waals surface area contributed by atoms with Crippen molar-refractivity contribution in [2.75, 3.05) is 126 Å². The van der Waals surface area contributed by atoms with Gasteiger partial charge in [0.05, 0.1) is 119 Å². The predicted molar refractivity (Wildman–Crippen MR) is 170 cm³/mol. The lowest BCUT2D eigenvalue weighted by atomic mass is 10.1. The maximum atomic E-state index is 11.8. The first-order chi connectivity index (χ1) is 21.8. The van der Waals surface area contributed by atoms with Crippen LogP contribution in [0.3, 0.4) is 0 Å². The van der Waals surface area contributed by atoms with Gasteiger partial charge in [-0.25, -0.2) is 0 Å². The molecule has 0 atom stereocenters. The minimum atomic E-state index is -0.135. The van der Waals surface area contributed by atoms with E-state index in [9.17, 15) is 4.79 Å². The van der Waals surface area contributed by atoms with E-state index in [4.69, 9.17) is 47.4 Å². The topological polar surface area (TPSA) is 109 Å². The third-order valence-electron chi connectivity index (χ3n) is 6.19. The van der Waals surface area contributed by atoms with Gasteiger partial charge in [-0.2, -0.15) is 0 Å². The molecule has 262 valence electrons. The smallest absolute Gasteiger partial charge is 0.305 e. The maximum Gasteiger partial charge on any atom is 0.305 e. The van der Waals surface area contributed by atoms with Crippen LogP contribution in [0, 0.1) is 0 Å². The molecule has 0 unspecified atom stereocenters. The van der Waals surface area contributed by atoms with Gasteiger partial charge < -0.3 is 47.4 Å². The molecule has 0 fully saturated rings. The molecule has 0 saturated heterocycles. The Balaban J connectivity index is 3.11. The van der Waals surface area contributed by atoms with E-state index in [1.165, 1.54) is 44.9 Å². The monoisotopic (exact) mass is 636 g/mol. The second kappa shape index (κ2) is 39.9. The second-order valence-electron chi connectivity index (χ2n) is 10.1. The van der Waals surface area contributed by atoms with Gasteiger partial charge in [0.15, 0.2) is 0 Å². The van der Waals surface area contributed by atoms with Crippen LogP contribution in [0.5, 0.6) is 0 Å². The SMILES string of the molecule is C=CCOCCOCCOCCOCCOCCOCCOCCOCCOCCOC(=O)CCCCCCCCCCC. The van der Waals surface area contributed by atoms with Gasteiger partial charge in [0.1, 0.15) is 6.61 Å². The number of carbonyl (C=O) groups excluding carboxylic acids is 1. The van der Waals surface area contributed by atoms with E-state index in [0.29, 0.717) is 132 Å². The fourth-order valence-corrected chi connectivity index (χ4v) is 3.79. The summed E-state index contributed by atoms with van der Waals surface area (Å²) in [6.07, 6.45) is 13.3. The molecule has 0 aliphatic carbocycles. The van der Waals surface area contributed by atoms with Gasteiger partial charge in [0, 0.05) is 6.42 Å². The number of unbranched alkanes of at least 4 members (excludes halogenated alkanes) is 8. The van der Waals surface area contributed by atoms with Gasteiger partial charge in [-0.1, -0.05) is 64.4 Å². The van der Waals surface area contributed by atoms with Crippen LogP contribution in [0.1, 0.15) is 71.1 Å². The van der Waals surface area contributed by atoms with E-state index in [1.807, 2.05) is 0 Å². The molecule has 0 rings (SSSR count). The highest BCUT2D eigenvalue weighted by Crippen LogP contribution is 2.10. The summed E-state index contributed by atoms with van der Waals surface area (Å²) in [4.78, 5) is 11.8. The first kappa shape index (κ1) is 42.9. The van der Waals surface area contributed by atoms with Crippen LogP contribution >= 0.6 is 0 Å². The molecule has 0 saturated carbocycles. The Morgan fingerprint density at radius 3 is 1.07 bits per heavy atom. The van der Waals surface area contributed by atoms with Gasteiger partial charge in [-0.3, -0.25) is 4.79 Å². The first-order valence-corrected chi connectivity index (χ1v) is 16.8. The average Bonchev–Trinajstić information content (AvgIpc) is 3.03. The lowest BCUT2D eigenvalue weighted by Gasteiger charge is -2.09. The molecule has 11 heteroatoms. The molecule has 0 aromatic rings. The molecular weight excluding hydrogens is 572 g/mol. The zero-order chi connectivity index (χ0) is 31.9. The van der Waals surface area contributed by atoms with Crippen molar-refractivity contribution in [2.24, 2.45) is 0 Å². The van der Waals surface area contributed by atoms with Gasteiger partial charge >= 0.3 is 5.97 Å². The molecule has 0 aliphatic rings. The highest BCUT2D eigenvalue weighted by Gasteiger charge is 2.03. The fourth-order valence-electron chi connectivity index (χ4n) is 3.79. The van der Waals surface area contributed by atoms with E-state index < -0.39 is 0 Å². The third-order valence-corrected chi connectivity index (χ3v) is 6.19. The summed E-state index contributed by atoms with van der Waals surface area (Å²) in [6.45, 7) is 15.2. The van der Waals surface area contributed by atoms with E-state index in [2.05, 4.69) is 13.5 Å².